The molecule has 1 unspecified atom stereocenters. The van der Waals surface area contributed by atoms with Gasteiger partial charge in [0.25, 0.3) is 0 Å². The third-order valence-electron chi connectivity index (χ3n) is 9.77. The number of methoxy groups -OCH3 is 2. The van der Waals surface area contributed by atoms with Crippen LogP contribution in [-0.2, 0) is 36.9 Å². The lowest BCUT2D eigenvalue weighted by Gasteiger charge is -2.38. The maximum absolute atomic E-state index is 14.9. The van der Waals surface area contributed by atoms with E-state index in [9.17, 15) is 14.4 Å². The number of nitrogens with zero attached hydrogens (tertiary/aromatic N) is 2. The molecule has 0 N–H and O–H groups in total. The topological polar surface area (TPSA) is 87.1 Å². The van der Waals surface area contributed by atoms with Crippen LogP contribution < -0.4 is 0 Å². The van der Waals surface area contributed by atoms with E-state index in [-0.39, 0.29) is 41.6 Å². The highest BCUT2D eigenvalue weighted by Crippen LogP contribution is 2.45. The van der Waals surface area contributed by atoms with E-state index < -0.39 is 5.60 Å². The first-order chi connectivity index (χ1) is 23.6. The summed E-state index contributed by atoms with van der Waals surface area (Å²) < 4.78 is 18.4. The molecule has 49 heavy (non-hydrogen) atoms. The van der Waals surface area contributed by atoms with E-state index in [2.05, 4.69) is 52.1 Å². The molecule has 6 rings (SSSR count). The molecule has 0 saturated heterocycles. The minimum Gasteiger partial charge on any atom is -0.465 e. The van der Waals surface area contributed by atoms with Gasteiger partial charge in [-0.05, 0) is 105 Å². The minimum absolute atomic E-state index is 0.0542. The predicted octanol–water partition coefficient (Wildman–Crippen LogP) is 8.23. The highest BCUT2D eigenvalue weighted by atomic mass is 32.1. The lowest BCUT2D eigenvalue weighted by atomic mass is 9.70. The molecule has 2 fully saturated rings. The number of hydrogen-bond donors (Lipinski definition) is 0. The van der Waals surface area contributed by atoms with Crippen LogP contribution in [0.2, 0.25) is 0 Å². The summed E-state index contributed by atoms with van der Waals surface area (Å²) in [6, 6.07) is 18.8. The van der Waals surface area contributed by atoms with Crippen LogP contribution in [0.1, 0.15) is 86.0 Å². The Morgan fingerprint density at radius 1 is 0.959 bits per heavy atom. The Kier molecular flexibility index (Phi) is 10.6. The molecule has 2 aromatic carbocycles. The van der Waals surface area contributed by atoms with Crippen molar-refractivity contribution in [1.29, 1.82) is 0 Å². The highest BCUT2D eigenvalue weighted by Gasteiger charge is 2.44. The van der Waals surface area contributed by atoms with Gasteiger partial charge < -0.3 is 23.7 Å². The van der Waals surface area contributed by atoms with Gasteiger partial charge >= 0.3 is 11.9 Å². The Morgan fingerprint density at radius 2 is 1.76 bits per heavy atom. The smallest absolute Gasteiger partial charge is 0.348 e. The number of hydrogen-bond acceptors (Lipinski definition) is 7. The molecule has 2 aliphatic carbocycles. The third-order valence-corrected chi connectivity index (χ3v) is 10.7. The van der Waals surface area contributed by atoms with E-state index in [1.165, 1.54) is 23.8 Å². The zero-order chi connectivity index (χ0) is 34.7. The second kappa shape index (κ2) is 14.9. The largest absolute Gasteiger partial charge is 0.465 e. The number of ether oxygens (including phenoxy) is 3. The van der Waals surface area contributed by atoms with Crippen LogP contribution in [0.5, 0.6) is 0 Å². The lowest BCUT2D eigenvalue weighted by molar-refractivity contribution is -0.162. The Bertz CT molecular complexity index is 1800. The Labute approximate surface area is 293 Å². The molecular formula is C40H48N2O6S. The number of aromatic nitrogens is 1. The van der Waals surface area contributed by atoms with E-state index in [1.54, 1.807) is 7.11 Å². The second-order valence-corrected chi connectivity index (χ2v) is 15.4. The van der Waals surface area contributed by atoms with Crippen molar-refractivity contribution in [3.63, 3.8) is 0 Å². The van der Waals surface area contributed by atoms with Crippen molar-refractivity contribution >= 4 is 40.1 Å². The van der Waals surface area contributed by atoms with E-state index in [0.717, 1.165) is 53.6 Å². The highest BCUT2D eigenvalue weighted by molar-refractivity contribution is 7.12. The second-order valence-electron chi connectivity index (χ2n) is 14.5. The SMILES string of the molecule is COCCCn1cc(CN(C(=O)[C@H]2CC(C(=O)OC(C)(C)C)CC[C@@H]2c2cccc(-c3csc(C(=O)OC)c3)c2)C2CC2)c2ccccc21. The average molecular weight is 685 g/mol. The van der Waals surface area contributed by atoms with Gasteiger partial charge in [0, 0.05) is 55.9 Å². The molecule has 260 valence electrons. The Balaban J connectivity index is 1.32. The van der Waals surface area contributed by atoms with Gasteiger partial charge in [0.1, 0.15) is 10.5 Å². The summed E-state index contributed by atoms with van der Waals surface area (Å²) in [5.41, 5.74) is 4.73. The summed E-state index contributed by atoms with van der Waals surface area (Å²) in [4.78, 5) is 43.2. The summed E-state index contributed by atoms with van der Waals surface area (Å²) in [5.74, 6) is -1.21. The Morgan fingerprint density at radius 3 is 2.49 bits per heavy atom. The number of esters is 2. The molecule has 2 saturated carbocycles. The summed E-state index contributed by atoms with van der Waals surface area (Å²) >= 11 is 1.36. The van der Waals surface area contributed by atoms with Gasteiger partial charge in [-0.15, -0.1) is 11.3 Å². The molecule has 0 aliphatic heterocycles. The number of aryl methyl sites for hydroxylation is 1. The molecule has 2 heterocycles. The number of thiophene rings is 1. The summed E-state index contributed by atoms with van der Waals surface area (Å²) in [7, 11) is 3.11. The molecule has 2 aromatic heterocycles. The fraction of sp³-hybridized carbons (Fsp3) is 0.475. The fourth-order valence-electron chi connectivity index (χ4n) is 7.27. The maximum atomic E-state index is 14.9. The van der Waals surface area contributed by atoms with Gasteiger partial charge in [0.2, 0.25) is 5.91 Å². The van der Waals surface area contributed by atoms with Crippen molar-refractivity contribution in [3.8, 4) is 11.1 Å². The zero-order valence-corrected chi connectivity index (χ0v) is 30.1. The standard InChI is InChI=1S/C40H48N2O6S/c1-40(2,3)48-38(44)28-14-17-32(27-11-8-10-26(20-27)29-22-36(49-25-29)39(45)47-5)34(21-28)37(43)42(31-15-16-31)24-30-23-41(18-9-19-46-4)35-13-7-6-12-33(30)35/h6-8,10-13,20,22-23,25,28,31-32,34H,9,14-19,21,24H2,1-5H3/t28?,32-,34+/m1/s1. The van der Waals surface area contributed by atoms with Crippen LogP contribution in [0.25, 0.3) is 22.0 Å². The quantitative estimate of drug-likeness (QED) is 0.110. The summed E-state index contributed by atoms with van der Waals surface area (Å²) in [6.07, 6.45) is 6.91. The van der Waals surface area contributed by atoms with Crippen LogP contribution >= 0.6 is 11.3 Å². The number of rotatable bonds is 12. The zero-order valence-electron chi connectivity index (χ0n) is 29.3. The van der Waals surface area contributed by atoms with Crippen molar-refractivity contribution in [2.45, 2.75) is 89.9 Å². The van der Waals surface area contributed by atoms with Gasteiger partial charge in [-0.2, -0.15) is 0 Å². The van der Waals surface area contributed by atoms with Crippen molar-refractivity contribution in [3.05, 3.63) is 82.2 Å². The third kappa shape index (κ3) is 8.10. The molecule has 1 amide bonds. The lowest BCUT2D eigenvalue weighted by Crippen LogP contribution is -2.43. The van der Waals surface area contributed by atoms with Crippen molar-refractivity contribution < 1.29 is 28.6 Å². The molecule has 0 spiro atoms. The Hall–Kier alpha value is -3.95. The molecule has 2 aliphatic rings. The van der Waals surface area contributed by atoms with Gasteiger partial charge in [0.15, 0.2) is 0 Å². The van der Waals surface area contributed by atoms with Crippen molar-refractivity contribution in [1.82, 2.24) is 9.47 Å². The molecule has 0 bridgehead atoms. The first-order valence-corrected chi connectivity index (χ1v) is 18.3. The minimum atomic E-state index is -0.594. The van der Waals surface area contributed by atoms with E-state index in [0.29, 0.717) is 37.3 Å². The van der Waals surface area contributed by atoms with Crippen LogP contribution in [0.4, 0.5) is 0 Å². The monoisotopic (exact) mass is 684 g/mol. The predicted molar refractivity (Wildman–Crippen MR) is 193 cm³/mol. The van der Waals surface area contributed by atoms with Gasteiger partial charge in [-0.25, -0.2) is 4.79 Å². The maximum Gasteiger partial charge on any atom is 0.348 e. The molecule has 4 aromatic rings. The summed E-state index contributed by atoms with van der Waals surface area (Å²) in [5, 5.41) is 3.13. The van der Waals surface area contributed by atoms with Crippen molar-refractivity contribution in [2.24, 2.45) is 11.8 Å². The first kappa shape index (κ1) is 34.9. The average Bonchev–Trinajstić information content (AvgIpc) is 3.71. The normalized spacial score (nSPS) is 19.5. The molecule has 0 radical (unpaired) electrons. The van der Waals surface area contributed by atoms with Gasteiger partial charge in [-0.1, -0.05) is 42.5 Å². The van der Waals surface area contributed by atoms with Crippen molar-refractivity contribution in [2.75, 3.05) is 20.8 Å². The number of amides is 1. The van der Waals surface area contributed by atoms with Crippen LogP contribution in [0, 0.1) is 11.8 Å². The van der Waals surface area contributed by atoms with E-state index >= 15 is 0 Å². The van der Waals surface area contributed by atoms with Gasteiger partial charge in [-0.3, -0.25) is 9.59 Å². The first-order valence-electron chi connectivity index (χ1n) is 17.4. The molecule has 8 nitrogen and oxygen atoms in total. The molecule has 3 atom stereocenters. The van der Waals surface area contributed by atoms with E-state index in [1.807, 2.05) is 44.4 Å². The van der Waals surface area contributed by atoms with Gasteiger partial charge in [0.05, 0.1) is 13.0 Å². The van der Waals surface area contributed by atoms with Crippen LogP contribution in [-0.4, -0.2) is 59.8 Å². The number of carbonyl (C=O) groups is 3. The number of benzene rings is 2. The molecular weight excluding hydrogens is 637 g/mol. The van der Waals surface area contributed by atoms with Crippen LogP contribution in [0.15, 0.2) is 66.2 Å². The fourth-order valence-corrected chi connectivity index (χ4v) is 8.10. The van der Waals surface area contributed by atoms with E-state index in [4.69, 9.17) is 14.2 Å². The number of para-hydroxylation sites is 1. The number of fused-ring (bicyclic) bond motifs is 1. The number of carbonyl (C=O) groups excluding carboxylic acids is 3. The van der Waals surface area contributed by atoms with Crippen LogP contribution in [0.3, 0.4) is 0 Å². The molecule has 9 heteroatoms. The summed E-state index contributed by atoms with van der Waals surface area (Å²) in [6.45, 7) is 7.74.